The first-order chi connectivity index (χ1) is 11.0. The Labute approximate surface area is 142 Å². The van der Waals surface area contributed by atoms with Gasteiger partial charge in [0.25, 0.3) is 0 Å². The number of benzene rings is 1. The van der Waals surface area contributed by atoms with Gasteiger partial charge in [0.2, 0.25) is 0 Å². The quantitative estimate of drug-likeness (QED) is 0.777. The maximum absolute atomic E-state index is 9.05. The van der Waals surface area contributed by atoms with E-state index in [-0.39, 0.29) is 12.7 Å². The molecule has 23 heavy (non-hydrogen) atoms. The highest BCUT2D eigenvalue weighted by atomic mass is 35.5. The van der Waals surface area contributed by atoms with Gasteiger partial charge in [0.05, 0.1) is 18.8 Å². The summed E-state index contributed by atoms with van der Waals surface area (Å²) in [6.45, 7) is 8.11. The van der Waals surface area contributed by atoms with Gasteiger partial charge >= 0.3 is 0 Å². The van der Waals surface area contributed by atoms with Crippen molar-refractivity contribution in [1.82, 2.24) is 15.1 Å². The lowest BCUT2D eigenvalue weighted by molar-refractivity contribution is 0.217. The van der Waals surface area contributed by atoms with Gasteiger partial charge in [0, 0.05) is 29.4 Å². The molecule has 2 aromatic rings. The summed E-state index contributed by atoms with van der Waals surface area (Å²) in [4.78, 5) is 0. The van der Waals surface area contributed by atoms with Gasteiger partial charge in [-0.3, -0.25) is 4.68 Å². The minimum Gasteiger partial charge on any atom is -0.489 e. The number of aliphatic hydroxyl groups is 1. The third-order valence-corrected chi connectivity index (χ3v) is 3.95. The van der Waals surface area contributed by atoms with Crippen molar-refractivity contribution in [1.29, 1.82) is 0 Å². The molecule has 0 aliphatic carbocycles. The Bertz CT molecular complexity index is 643. The number of ether oxygens (including phenoxy) is 1. The Hall–Kier alpha value is -1.56. The second-order valence-electron chi connectivity index (χ2n) is 5.61. The number of aliphatic hydroxyl groups excluding tert-OH is 1. The van der Waals surface area contributed by atoms with E-state index in [9.17, 15) is 0 Å². The fourth-order valence-corrected chi connectivity index (χ4v) is 2.70. The maximum Gasteiger partial charge on any atom is 0.121 e. The SMILES string of the molecule is Cc1nn(CCO)c(C)c1CNCC(C)Oc1cccc(Cl)c1. The van der Waals surface area contributed by atoms with E-state index in [4.69, 9.17) is 21.4 Å². The fraction of sp³-hybridized carbons (Fsp3) is 0.471. The normalized spacial score (nSPS) is 12.4. The number of rotatable bonds is 8. The van der Waals surface area contributed by atoms with Gasteiger partial charge in [-0.2, -0.15) is 5.10 Å². The van der Waals surface area contributed by atoms with Crippen molar-refractivity contribution in [2.45, 2.75) is 40.0 Å². The number of aromatic nitrogens is 2. The summed E-state index contributed by atoms with van der Waals surface area (Å²) in [7, 11) is 0. The molecular weight excluding hydrogens is 314 g/mol. The van der Waals surface area contributed by atoms with Gasteiger partial charge in [0.1, 0.15) is 11.9 Å². The molecule has 1 heterocycles. The van der Waals surface area contributed by atoms with E-state index >= 15 is 0 Å². The molecule has 0 saturated carbocycles. The Kier molecular flexibility index (Phi) is 6.45. The minimum absolute atomic E-state index is 0.0292. The van der Waals surface area contributed by atoms with Crippen molar-refractivity contribution in [2.24, 2.45) is 0 Å². The smallest absolute Gasteiger partial charge is 0.121 e. The van der Waals surface area contributed by atoms with Gasteiger partial charge in [0.15, 0.2) is 0 Å². The van der Waals surface area contributed by atoms with Gasteiger partial charge in [-0.05, 0) is 39.0 Å². The number of nitrogens with zero attached hydrogens (tertiary/aromatic N) is 2. The van der Waals surface area contributed by atoms with Crippen LogP contribution in [-0.4, -0.2) is 34.1 Å². The highest BCUT2D eigenvalue weighted by Gasteiger charge is 2.11. The molecule has 0 spiro atoms. The van der Waals surface area contributed by atoms with Gasteiger partial charge in [-0.1, -0.05) is 17.7 Å². The van der Waals surface area contributed by atoms with Crippen LogP contribution in [0, 0.1) is 13.8 Å². The van der Waals surface area contributed by atoms with Crippen LogP contribution in [0.4, 0.5) is 0 Å². The summed E-state index contributed by atoms with van der Waals surface area (Å²) in [6, 6.07) is 7.41. The van der Waals surface area contributed by atoms with Crippen molar-refractivity contribution in [3.05, 3.63) is 46.2 Å². The summed E-state index contributed by atoms with van der Waals surface area (Å²) < 4.78 is 7.68. The third kappa shape index (κ3) is 4.96. The lowest BCUT2D eigenvalue weighted by Crippen LogP contribution is -2.29. The summed E-state index contributed by atoms with van der Waals surface area (Å²) in [5, 5.41) is 17.6. The van der Waals surface area contributed by atoms with Crippen LogP contribution in [0.15, 0.2) is 24.3 Å². The first-order valence-electron chi connectivity index (χ1n) is 7.78. The Morgan fingerprint density at radius 2 is 2.17 bits per heavy atom. The first-order valence-corrected chi connectivity index (χ1v) is 8.15. The molecule has 2 N–H and O–H groups in total. The molecule has 5 nitrogen and oxygen atoms in total. The first kappa shape index (κ1) is 17.8. The predicted octanol–water partition coefficient (Wildman–Crippen LogP) is 2.70. The maximum atomic E-state index is 9.05. The molecule has 1 unspecified atom stereocenters. The molecular formula is C17H24ClN3O2. The Morgan fingerprint density at radius 3 is 2.87 bits per heavy atom. The van der Waals surface area contributed by atoms with E-state index in [1.54, 1.807) is 0 Å². The summed E-state index contributed by atoms with van der Waals surface area (Å²) >= 11 is 5.95. The lowest BCUT2D eigenvalue weighted by atomic mass is 10.2. The summed E-state index contributed by atoms with van der Waals surface area (Å²) in [5.74, 6) is 0.773. The van der Waals surface area contributed by atoms with Crippen LogP contribution in [0.5, 0.6) is 5.75 Å². The summed E-state index contributed by atoms with van der Waals surface area (Å²) in [6.07, 6.45) is 0.0292. The zero-order valence-corrected chi connectivity index (χ0v) is 14.6. The van der Waals surface area contributed by atoms with Crippen molar-refractivity contribution in [3.63, 3.8) is 0 Å². The van der Waals surface area contributed by atoms with E-state index in [2.05, 4.69) is 10.4 Å². The van der Waals surface area contributed by atoms with Crippen molar-refractivity contribution in [2.75, 3.05) is 13.2 Å². The average Bonchev–Trinajstić information content (AvgIpc) is 2.75. The van der Waals surface area contributed by atoms with Crippen LogP contribution in [0.1, 0.15) is 23.9 Å². The lowest BCUT2D eigenvalue weighted by Gasteiger charge is -2.16. The number of hydrogen-bond acceptors (Lipinski definition) is 4. The zero-order valence-electron chi connectivity index (χ0n) is 13.8. The minimum atomic E-state index is 0.0292. The summed E-state index contributed by atoms with van der Waals surface area (Å²) in [5.41, 5.74) is 3.26. The fourth-order valence-electron chi connectivity index (χ4n) is 2.52. The van der Waals surface area contributed by atoms with Crippen LogP contribution in [0.3, 0.4) is 0 Å². The van der Waals surface area contributed by atoms with E-state index in [0.717, 1.165) is 30.2 Å². The van der Waals surface area contributed by atoms with Crippen molar-refractivity contribution >= 4 is 11.6 Å². The molecule has 1 atom stereocenters. The van der Waals surface area contributed by atoms with Crippen LogP contribution in [-0.2, 0) is 13.1 Å². The molecule has 6 heteroatoms. The Balaban J connectivity index is 1.85. The van der Waals surface area contributed by atoms with Crippen molar-refractivity contribution in [3.8, 4) is 5.75 Å². The number of halogens is 1. The van der Waals surface area contributed by atoms with Crippen LogP contribution < -0.4 is 10.1 Å². The second kappa shape index (κ2) is 8.34. The average molecular weight is 338 g/mol. The largest absolute Gasteiger partial charge is 0.489 e. The topological polar surface area (TPSA) is 59.3 Å². The number of hydrogen-bond donors (Lipinski definition) is 2. The van der Waals surface area contributed by atoms with Gasteiger partial charge < -0.3 is 15.2 Å². The predicted molar refractivity (Wildman–Crippen MR) is 92.0 cm³/mol. The Morgan fingerprint density at radius 1 is 1.39 bits per heavy atom. The molecule has 0 aliphatic heterocycles. The molecule has 0 aliphatic rings. The van der Waals surface area contributed by atoms with E-state index in [1.807, 2.05) is 49.7 Å². The molecule has 0 saturated heterocycles. The second-order valence-corrected chi connectivity index (χ2v) is 6.05. The molecule has 0 fully saturated rings. The van der Waals surface area contributed by atoms with Gasteiger partial charge in [-0.25, -0.2) is 0 Å². The molecule has 1 aromatic heterocycles. The third-order valence-electron chi connectivity index (χ3n) is 3.71. The van der Waals surface area contributed by atoms with Crippen molar-refractivity contribution < 1.29 is 9.84 Å². The number of aryl methyl sites for hydroxylation is 1. The van der Waals surface area contributed by atoms with Crippen LogP contribution in [0.2, 0.25) is 5.02 Å². The monoisotopic (exact) mass is 337 g/mol. The standard InChI is InChI=1S/C17H24ClN3O2/c1-12(23-16-6-4-5-15(18)9-16)10-19-11-17-13(2)20-21(7-8-22)14(17)3/h4-6,9,12,19,22H,7-8,10-11H2,1-3H3. The molecule has 1 aromatic carbocycles. The van der Waals surface area contributed by atoms with Crippen LogP contribution >= 0.6 is 11.6 Å². The van der Waals surface area contributed by atoms with Crippen LogP contribution in [0.25, 0.3) is 0 Å². The molecule has 2 rings (SSSR count). The zero-order chi connectivity index (χ0) is 16.8. The van der Waals surface area contributed by atoms with E-state index in [0.29, 0.717) is 11.6 Å². The molecule has 0 amide bonds. The van der Waals surface area contributed by atoms with E-state index < -0.39 is 0 Å². The van der Waals surface area contributed by atoms with E-state index in [1.165, 1.54) is 5.56 Å². The molecule has 0 bridgehead atoms. The molecule has 0 radical (unpaired) electrons. The number of nitrogens with one attached hydrogen (secondary N) is 1. The highest BCUT2D eigenvalue weighted by molar-refractivity contribution is 6.30. The highest BCUT2D eigenvalue weighted by Crippen LogP contribution is 2.18. The molecule has 126 valence electrons. The van der Waals surface area contributed by atoms with Gasteiger partial charge in [-0.15, -0.1) is 0 Å².